The van der Waals surface area contributed by atoms with Crippen LogP contribution in [0.1, 0.15) is 46.5 Å². The van der Waals surface area contributed by atoms with E-state index in [0.29, 0.717) is 0 Å². The van der Waals surface area contributed by atoms with Crippen molar-refractivity contribution in [3.8, 4) is 0 Å². The molecule has 0 aliphatic rings. The Morgan fingerprint density at radius 2 is 1.90 bits per heavy atom. The normalized spacial score (nSPS) is 11.6. The molecule has 0 bridgehead atoms. The van der Waals surface area contributed by atoms with Gasteiger partial charge in [0.25, 0.3) is 0 Å². The first-order chi connectivity index (χ1) is 4.77. The van der Waals surface area contributed by atoms with E-state index in [1.165, 1.54) is 25.7 Å². The van der Waals surface area contributed by atoms with Crippen LogP contribution in [0.4, 0.5) is 0 Å². The molecule has 0 heterocycles. The highest BCUT2D eigenvalue weighted by Gasteiger charge is 1.85. The molecule has 0 radical (unpaired) electrons. The average molecular weight is 140 g/mol. The van der Waals surface area contributed by atoms with Gasteiger partial charge in [-0.2, -0.15) is 0 Å². The highest BCUT2D eigenvalue weighted by Crippen LogP contribution is 2.02. The van der Waals surface area contributed by atoms with Crippen molar-refractivity contribution < 1.29 is 0 Å². The summed E-state index contributed by atoms with van der Waals surface area (Å²) in [5, 5.41) is 0. The molecule has 0 nitrogen and oxygen atoms in total. The number of hydrogen-bond donors (Lipinski definition) is 0. The molecule has 0 unspecified atom stereocenters. The second kappa shape index (κ2) is 6.85. The maximum atomic E-state index is 2.31. The fourth-order valence-electron chi connectivity index (χ4n) is 0.808. The lowest BCUT2D eigenvalue weighted by Gasteiger charge is -1.95. The molecule has 0 heteroatoms. The SMILES string of the molecule is CCCCC=CCC(C)C. The lowest BCUT2D eigenvalue weighted by atomic mass is 10.1. The van der Waals surface area contributed by atoms with Gasteiger partial charge < -0.3 is 0 Å². The molecule has 0 N–H and O–H groups in total. The summed E-state index contributed by atoms with van der Waals surface area (Å²) in [5.74, 6) is 0.817. The average Bonchev–Trinajstić information content (AvgIpc) is 1.87. The molecule has 0 aromatic carbocycles. The lowest BCUT2D eigenvalue weighted by molar-refractivity contribution is 0.661. The van der Waals surface area contributed by atoms with Gasteiger partial charge in [0, 0.05) is 0 Å². The minimum atomic E-state index is 0.817. The van der Waals surface area contributed by atoms with Crippen LogP contribution in [0.3, 0.4) is 0 Å². The smallest absolute Gasteiger partial charge is 0.0327 e. The van der Waals surface area contributed by atoms with Gasteiger partial charge in [-0.15, -0.1) is 0 Å². The molecule has 0 spiro atoms. The van der Waals surface area contributed by atoms with E-state index in [2.05, 4.69) is 32.9 Å². The van der Waals surface area contributed by atoms with Crippen LogP contribution in [0.2, 0.25) is 0 Å². The maximum absolute atomic E-state index is 2.31. The summed E-state index contributed by atoms with van der Waals surface area (Å²) in [4.78, 5) is 0. The molecule has 0 amide bonds. The van der Waals surface area contributed by atoms with Crippen LogP contribution in [0, 0.1) is 5.92 Å². The Morgan fingerprint density at radius 1 is 1.20 bits per heavy atom. The van der Waals surface area contributed by atoms with Crippen molar-refractivity contribution in [3.63, 3.8) is 0 Å². The second-order valence-electron chi connectivity index (χ2n) is 3.24. The Hall–Kier alpha value is -0.260. The van der Waals surface area contributed by atoms with Gasteiger partial charge in [0.15, 0.2) is 0 Å². The molecule has 0 aliphatic heterocycles. The number of unbranched alkanes of at least 4 members (excludes halogenated alkanes) is 2. The first-order valence-corrected chi connectivity index (χ1v) is 4.42. The molecule has 0 aromatic heterocycles. The van der Waals surface area contributed by atoms with Crippen LogP contribution in [-0.4, -0.2) is 0 Å². The highest BCUT2D eigenvalue weighted by molar-refractivity contribution is 4.81. The van der Waals surface area contributed by atoms with Crippen LogP contribution in [-0.2, 0) is 0 Å². The van der Waals surface area contributed by atoms with Crippen molar-refractivity contribution in [1.29, 1.82) is 0 Å². The van der Waals surface area contributed by atoms with Crippen molar-refractivity contribution in [3.05, 3.63) is 12.2 Å². The summed E-state index contributed by atoms with van der Waals surface area (Å²) in [6.45, 7) is 6.74. The maximum Gasteiger partial charge on any atom is -0.0327 e. The van der Waals surface area contributed by atoms with Crippen LogP contribution >= 0.6 is 0 Å². The zero-order chi connectivity index (χ0) is 7.82. The van der Waals surface area contributed by atoms with E-state index in [1.54, 1.807) is 0 Å². The third-order valence-electron chi connectivity index (χ3n) is 1.50. The quantitative estimate of drug-likeness (QED) is 0.402. The molecular formula is C10H20. The minimum absolute atomic E-state index is 0.817. The van der Waals surface area contributed by atoms with E-state index in [0.717, 1.165) is 5.92 Å². The van der Waals surface area contributed by atoms with Crippen LogP contribution in [0.25, 0.3) is 0 Å². The van der Waals surface area contributed by atoms with Crippen LogP contribution < -0.4 is 0 Å². The summed E-state index contributed by atoms with van der Waals surface area (Å²) >= 11 is 0. The Bertz CT molecular complexity index is 80.0. The van der Waals surface area contributed by atoms with Gasteiger partial charge in [-0.3, -0.25) is 0 Å². The first-order valence-electron chi connectivity index (χ1n) is 4.42. The molecule has 0 fully saturated rings. The minimum Gasteiger partial charge on any atom is -0.0885 e. The van der Waals surface area contributed by atoms with Crippen LogP contribution in [0.15, 0.2) is 12.2 Å². The van der Waals surface area contributed by atoms with Crippen molar-refractivity contribution >= 4 is 0 Å². The third kappa shape index (κ3) is 7.74. The summed E-state index contributed by atoms with van der Waals surface area (Å²) in [6, 6.07) is 0. The van der Waals surface area contributed by atoms with Crippen LogP contribution in [0.5, 0.6) is 0 Å². The monoisotopic (exact) mass is 140 g/mol. The fourth-order valence-corrected chi connectivity index (χ4v) is 0.808. The van der Waals surface area contributed by atoms with Crippen molar-refractivity contribution in [2.75, 3.05) is 0 Å². The molecule has 0 aromatic rings. The number of rotatable bonds is 5. The van der Waals surface area contributed by atoms with Gasteiger partial charge in [-0.05, 0) is 18.8 Å². The summed E-state index contributed by atoms with van der Waals surface area (Å²) < 4.78 is 0. The summed E-state index contributed by atoms with van der Waals surface area (Å²) in [5.41, 5.74) is 0. The fraction of sp³-hybridized carbons (Fsp3) is 0.800. The van der Waals surface area contributed by atoms with Gasteiger partial charge >= 0.3 is 0 Å². The Balaban J connectivity index is 3.04. The molecule has 0 saturated heterocycles. The van der Waals surface area contributed by atoms with Crippen molar-refractivity contribution in [1.82, 2.24) is 0 Å². The number of hydrogen-bond acceptors (Lipinski definition) is 0. The number of allylic oxidation sites excluding steroid dienone is 2. The Labute approximate surface area is 65.3 Å². The van der Waals surface area contributed by atoms with E-state index in [4.69, 9.17) is 0 Å². The van der Waals surface area contributed by atoms with Gasteiger partial charge in [0.2, 0.25) is 0 Å². The van der Waals surface area contributed by atoms with Gasteiger partial charge in [0.05, 0.1) is 0 Å². The summed E-state index contributed by atoms with van der Waals surface area (Å²) in [6.07, 6.45) is 9.78. The standard InChI is InChI=1S/C10H20/c1-4-5-6-7-8-9-10(2)3/h7-8,10H,4-6,9H2,1-3H3. The van der Waals surface area contributed by atoms with E-state index in [-0.39, 0.29) is 0 Å². The predicted molar refractivity (Wildman–Crippen MR) is 48.1 cm³/mol. The van der Waals surface area contributed by atoms with Crippen molar-refractivity contribution in [2.45, 2.75) is 46.5 Å². The second-order valence-corrected chi connectivity index (χ2v) is 3.24. The molecule has 0 atom stereocenters. The van der Waals surface area contributed by atoms with Gasteiger partial charge in [0.1, 0.15) is 0 Å². The lowest BCUT2D eigenvalue weighted by Crippen LogP contribution is -1.80. The van der Waals surface area contributed by atoms with Crippen molar-refractivity contribution in [2.24, 2.45) is 5.92 Å². The summed E-state index contributed by atoms with van der Waals surface area (Å²) in [7, 11) is 0. The Kier molecular flexibility index (Phi) is 6.68. The third-order valence-corrected chi connectivity index (χ3v) is 1.50. The molecular weight excluding hydrogens is 120 g/mol. The predicted octanol–water partition coefficient (Wildman–Crippen LogP) is 3.78. The zero-order valence-electron chi connectivity index (χ0n) is 7.56. The topological polar surface area (TPSA) is 0 Å². The molecule has 0 rings (SSSR count). The molecule has 0 aliphatic carbocycles. The van der Waals surface area contributed by atoms with E-state index < -0.39 is 0 Å². The van der Waals surface area contributed by atoms with Gasteiger partial charge in [-0.25, -0.2) is 0 Å². The molecule has 10 heavy (non-hydrogen) atoms. The Morgan fingerprint density at radius 3 is 2.40 bits per heavy atom. The molecule has 60 valence electrons. The van der Waals surface area contributed by atoms with E-state index in [9.17, 15) is 0 Å². The first kappa shape index (κ1) is 9.74. The van der Waals surface area contributed by atoms with E-state index >= 15 is 0 Å². The van der Waals surface area contributed by atoms with Gasteiger partial charge in [-0.1, -0.05) is 45.8 Å². The highest BCUT2D eigenvalue weighted by atomic mass is 13.9. The van der Waals surface area contributed by atoms with E-state index in [1.807, 2.05) is 0 Å². The zero-order valence-corrected chi connectivity index (χ0v) is 7.56. The largest absolute Gasteiger partial charge is 0.0885 e. The molecule has 0 saturated carbocycles.